The lowest BCUT2D eigenvalue weighted by atomic mass is 9.94. The summed E-state index contributed by atoms with van der Waals surface area (Å²) < 4.78 is 0. The highest BCUT2D eigenvalue weighted by atomic mass is 16.2. The molecule has 0 radical (unpaired) electrons. The van der Waals surface area contributed by atoms with Gasteiger partial charge in [0.25, 0.3) is 5.91 Å². The maximum absolute atomic E-state index is 13.2. The Bertz CT molecular complexity index is 1160. The van der Waals surface area contributed by atoms with Crippen LogP contribution < -0.4 is 4.90 Å². The summed E-state index contributed by atoms with van der Waals surface area (Å²) in [6, 6.07) is 26.6. The van der Waals surface area contributed by atoms with Crippen LogP contribution in [0.15, 0.2) is 72.8 Å². The number of piperazine rings is 1. The van der Waals surface area contributed by atoms with Gasteiger partial charge in [-0.25, -0.2) is 0 Å². The smallest absolute Gasteiger partial charge is 0.254 e. The van der Waals surface area contributed by atoms with Crippen molar-refractivity contribution in [2.24, 2.45) is 0 Å². The van der Waals surface area contributed by atoms with Gasteiger partial charge in [-0.1, -0.05) is 79.9 Å². The van der Waals surface area contributed by atoms with Gasteiger partial charge in [-0.15, -0.1) is 0 Å². The highest BCUT2D eigenvalue weighted by molar-refractivity contribution is 5.99. The summed E-state index contributed by atoms with van der Waals surface area (Å²) in [5.41, 5.74) is 7.25. The fourth-order valence-electron chi connectivity index (χ4n) is 6.05. The normalized spacial score (nSPS) is 19.3. The molecule has 6 rings (SSSR count). The fraction of sp³-hybridized carbons (Fsp3) is 0.387. The van der Waals surface area contributed by atoms with Crippen LogP contribution in [-0.4, -0.2) is 47.9 Å². The minimum atomic E-state index is 0.256. The van der Waals surface area contributed by atoms with Crippen LogP contribution in [0.1, 0.15) is 53.6 Å². The van der Waals surface area contributed by atoms with E-state index in [1.165, 1.54) is 60.0 Å². The number of hydrogen-bond donors (Lipinski definition) is 0. The summed E-state index contributed by atoms with van der Waals surface area (Å²) in [6.07, 6.45) is 6.18. The summed E-state index contributed by atoms with van der Waals surface area (Å²) >= 11 is 0. The first-order valence-corrected chi connectivity index (χ1v) is 13.3. The van der Waals surface area contributed by atoms with Crippen LogP contribution in [0.3, 0.4) is 0 Å². The molecule has 1 saturated carbocycles. The van der Waals surface area contributed by atoms with E-state index in [2.05, 4.69) is 87.5 Å². The largest absolute Gasteiger partial charge is 0.369 e. The van der Waals surface area contributed by atoms with Crippen molar-refractivity contribution in [3.8, 4) is 11.1 Å². The Morgan fingerprint density at radius 3 is 2.20 bits per heavy atom. The monoisotopic (exact) mass is 465 g/mol. The van der Waals surface area contributed by atoms with E-state index >= 15 is 0 Å². The molecule has 180 valence electrons. The number of amides is 1. The Labute approximate surface area is 209 Å². The minimum absolute atomic E-state index is 0.256. The van der Waals surface area contributed by atoms with E-state index in [4.69, 9.17) is 0 Å². The van der Waals surface area contributed by atoms with Gasteiger partial charge in [0.1, 0.15) is 0 Å². The van der Waals surface area contributed by atoms with Gasteiger partial charge >= 0.3 is 0 Å². The molecule has 0 atom stereocenters. The van der Waals surface area contributed by atoms with Crippen LogP contribution in [0.4, 0.5) is 5.69 Å². The first-order chi connectivity index (χ1) is 17.2. The standard InChI is InChI=1S/C31H35N3O/c35-31-30-21-29(16-15-27(30)23-34(31)28-9-5-2-6-10-28)33-19-17-32(18-20-33)22-24-11-13-26(14-12-24)25-7-3-1-4-8-25/h1,3-4,7-8,11-16,21,28H,2,5-6,9-10,17-20,22-23H2. The van der Waals surface area contributed by atoms with Crippen LogP contribution in [-0.2, 0) is 13.1 Å². The highest BCUT2D eigenvalue weighted by Crippen LogP contribution is 2.33. The van der Waals surface area contributed by atoms with E-state index in [9.17, 15) is 4.79 Å². The SMILES string of the molecule is O=C1c2cc(N3CCN(Cc4ccc(-c5ccccc5)cc4)CC3)ccc2CN1C1CCCCC1. The summed E-state index contributed by atoms with van der Waals surface area (Å²) in [7, 11) is 0. The molecule has 4 nitrogen and oxygen atoms in total. The van der Waals surface area contributed by atoms with Crippen molar-refractivity contribution in [1.29, 1.82) is 0 Å². The van der Waals surface area contributed by atoms with Gasteiger partial charge < -0.3 is 9.80 Å². The van der Waals surface area contributed by atoms with Crippen LogP contribution >= 0.6 is 0 Å². The molecule has 0 aromatic heterocycles. The van der Waals surface area contributed by atoms with Gasteiger partial charge in [-0.05, 0) is 47.2 Å². The Morgan fingerprint density at radius 1 is 0.743 bits per heavy atom. The number of nitrogens with zero attached hydrogens (tertiary/aromatic N) is 3. The van der Waals surface area contributed by atoms with Gasteiger partial charge in [0, 0.05) is 56.6 Å². The lowest BCUT2D eigenvalue weighted by Crippen LogP contribution is -2.46. The molecule has 35 heavy (non-hydrogen) atoms. The second-order valence-electron chi connectivity index (χ2n) is 10.4. The summed E-state index contributed by atoms with van der Waals surface area (Å²) in [4.78, 5) is 20.3. The van der Waals surface area contributed by atoms with Gasteiger partial charge in [-0.2, -0.15) is 0 Å². The van der Waals surface area contributed by atoms with Gasteiger partial charge in [-0.3, -0.25) is 9.69 Å². The van der Waals surface area contributed by atoms with Crippen molar-refractivity contribution >= 4 is 11.6 Å². The molecule has 3 aromatic rings. The quantitative estimate of drug-likeness (QED) is 0.465. The molecule has 0 N–H and O–H groups in total. The molecule has 1 aliphatic carbocycles. The Hall–Kier alpha value is -3.11. The molecule has 3 aromatic carbocycles. The predicted molar refractivity (Wildman–Crippen MR) is 143 cm³/mol. The predicted octanol–water partition coefficient (Wildman–Crippen LogP) is 5.96. The fourth-order valence-corrected chi connectivity index (χ4v) is 6.05. The van der Waals surface area contributed by atoms with Crippen molar-refractivity contribution in [3.05, 3.63) is 89.5 Å². The van der Waals surface area contributed by atoms with E-state index in [-0.39, 0.29) is 5.91 Å². The lowest BCUT2D eigenvalue weighted by molar-refractivity contribution is 0.0660. The third-order valence-corrected chi connectivity index (χ3v) is 8.15. The average Bonchev–Trinajstić information content (AvgIpc) is 3.26. The molecular weight excluding hydrogens is 430 g/mol. The van der Waals surface area contributed by atoms with Gasteiger partial charge in [0.05, 0.1) is 0 Å². The summed E-state index contributed by atoms with van der Waals surface area (Å²) in [6.45, 7) is 5.88. The van der Waals surface area contributed by atoms with Crippen molar-refractivity contribution < 1.29 is 4.79 Å². The van der Waals surface area contributed by atoms with Crippen LogP contribution in [0.25, 0.3) is 11.1 Å². The number of rotatable bonds is 5. The van der Waals surface area contributed by atoms with Crippen LogP contribution in [0.5, 0.6) is 0 Å². The van der Waals surface area contributed by atoms with Crippen molar-refractivity contribution in [2.45, 2.75) is 51.2 Å². The molecular formula is C31H35N3O. The third-order valence-electron chi connectivity index (χ3n) is 8.15. The molecule has 0 unspecified atom stereocenters. The number of carbonyl (C=O) groups excluding carboxylic acids is 1. The Morgan fingerprint density at radius 2 is 1.46 bits per heavy atom. The van der Waals surface area contributed by atoms with Crippen LogP contribution in [0, 0.1) is 0 Å². The first kappa shape index (κ1) is 22.4. The molecule has 4 heteroatoms. The van der Waals surface area contributed by atoms with E-state index in [1.54, 1.807) is 0 Å². The molecule has 2 fully saturated rings. The third kappa shape index (κ3) is 4.72. The number of benzene rings is 3. The summed E-state index contributed by atoms with van der Waals surface area (Å²) in [5, 5.41) is 0. The van der Waals surface area contributed by atoms with E-state index in [0.29, 0.717) is 6.04 Å². The van der Waals surface area contributed by atoms with Crippen molar-refractivity contribution in [2.75, 3.05) is 31.1 Å². The van der Waals surface area contributed by atoms with Crippen molar-refractivity contribution in [3.63, 3.8) is 0 Å². The van der Waals surface area contributed by atoms with E-state index in [0.717, 1.165) is 44.8 Å². The van der Waals surface area contributed by atoms with E-state index in [1.807, 2.05) is 0 Å². The maximum Gasteiger partial charge on any atom is 0.254 e. The van der Waals surface area contributed by atoms with Crippen molar-refractivity contribution in [1.82, 2.24) is 9.80 Å². The van der Waals surface area contributed by atoms with E-state index < -0.39 is 0 Å². The average molecular weight is 466 g/mol. The Kier molecular flexibility index (Phi) is 6.30. The first-order valence-electron chi connectivity index (χ1n) is 13.3. The molecule has 0 bridgehead atoms. The molecule has 0 spiro atoms. The van der Waals surface area contributed by atoms with Gasteiger partial charge in [0.2, 0.25) is 0 Å². The molecule has 2 heterocycles. The zero-order chi connectivity index (χ0) is 23.6. The number of carbonyl (C=O) groups is 1. The number of anilines is 1. The highest BCUT2D eigenvalue weighted by Gasteiger charge is 2.33. The zero-order valence-corrected chi connectivity index (χ0v) is 20.5. The molecule has 3 aliphatic rings. The summed E-state index contributed by atoms with van der Waals surface area (Å²) in [5.74, 6) is 0.256. The molecule has 2 aliphatic heterocycles. The molecule has 1 saturated heterocycles. The second-order valence-corrected chi connectivity index (χ2v) is 10.4. The van der Waals surface area contributed by atoms with Crippen LogP contribution in [0.2, 0.25) is 0 Å². The Balaban J connectivity index is 1.06. The number of hydrogen-bond acceptors (Lipinski definition) is 3. The van der Waals surface area contributed by atoms with Gasteiger partial charge in [0.15, 0.2) is 0 Å². The maximum atomic E-state index is 13.2. The molecule has 1 amide bonds. The topological polar surface area (TPSA) is 26.8 Å². The second kappa shape index (κ2) is 9.87. The lowest BCUT2D eigenvalue weighted by Gasteiger charge is -2.36. The zero-order valence-electron chi connectivity index (χ0n) is 20.5. The number of fused-ring (bicyclic) bond motifs is 1. The minimum Gasteiger partial charge on any atom is -0.369 e.